The van der Waals surface area contributed by atoms with Gasteiger partial charge >= 0.3 is 0 Å². The number of rotatable bonds is 4. The van der Waals surface area contributed by atoms with Crippen LogP contribution in [0.1, 0.15) is 21.7 Å². The van der Waals surface area contributed by atoms with Crippen molar-refractivity contribution in [2.24, 2.45) is 0 Å². The van der Waals surface area contributed by atoms with Crippen molar-refractivity contribution in [3.8, 4) is 0 Å². The van der Waals surface area contributed by atoms with Gasteiger partial charge in [-0.25, -0.2) is 4.98 Å². The number of carbonyl (C=O) groups excluding carboxylic acids is 1. The monoisotopic (exact) mass is 339 g/mol. The second kappa shape index (κ2) is 7.53. The smallest absolute Gasteiger partial charge is 0.269 e. The number of nitrogen functional groups attached to an aromatic ring is 1. The van der Waals surface area contributed by atoms with Gasteiger partial charge in [-0.05, 0) is 36.8 Å². The van der Waals surface area contributed by atoms with Crippen molar-refractivity contribution in [3.63, 3.8) is 0 Å². The van der Waals surface area contributed by atoms with E-state index in [2.05, 4.69) is 26.2 Å². The SMILES string of the molecule is CNC(=O)c1ccc(N2CCN(Cc3cccc(N)c3)CC2)c(C)n1. The van der Waals surface area contributed by atoms with Crippen LogP contribution in [0, 0.1) is 6.92 Å². The summed E-state index contributed by atoms with van der Waals surface area (Å²) >= 11 is 0. The normalized spacial score (nSPS) is 15.2. The summed E-state index contributed by atoms with van der Waals surface area (Å²) in [5.41, 5.74) is 10.4. The van der Waals surface area contributed by atoms with Gasteiger partial charge in [-0.15, -0.1) is 0 Å². The Kier molecular flexibility index (Phi) is 5.19. The molecule has 1 aromatic carbocycles. The van der Waals surface area contributed by atoms with E-state index >= 15 is 0 Å². The molecule has 0 spiro atoms. The molecule has 0 unspecified atom stereocenters. The largest absolute Gasteiger partial charge is 0.399 e. The Balaban J connectivity index is 1.61. The molecule has 3 rings (SSSR count). The minimum Gasteiger partial charge on any atom is -0.399 e. The Hall–Kier alpha value is -2.60. The number of nitrogens with zero attached hydrogens (tertiary/aromatic N) is 3. The molecule has 1 aromatic heterocycles. The summed E-state index contributed by atoms with van der Waals surface area (Å²) in [4.78, 5) is 20.9. The average Bonchev–Trinajstić information content (AvgIpc) is 2.62. The molecule has 2 aromatic rings. The van der Waals surface area contributed by atoms with Crippen LogP contribution in [0.25, 0.3) is 0 Å². The van der Waals surface area contributed by atoms with Crippen molar-refractivity contribution in [2.75, 3.05) is 43.9 Å². The highest BCUT2D eigenvalue weighted by molar-refractivity contribution is 5.92. The van der Waals surface area contributed by atoms with Gasteiger partial charge in [-0.2, -0.15) is 0 Å². The van der Waals surface area contributed by atoms with Gasteiger partial charge in [0, 0.05) is 45.5 Å². The maximum atomic E-state index is 11.7. The molecule has 2 heterocycles. The molecule has 1 saturated heterocycles. The fourth-order valence-corrected chi connectivity index (χ4v) is 3.24. The summed E-state index contributed by atoms with van der Waals surface area (Å²) in [6.07, 6.45) is 0. The van der Waals surface area contributed by atoms with Crippen molar-refractivity contribution < 1.29 is 4.79 Å². The standard InChI is InChI=1S/C19H25N5O/c1-14-18(7-6-17(22-14)19(25)21-2)24-10-8-23(9-11-24)13-15-4-3-5-16(20)12-15/h3-7,12H,8-11,13,20H2,1-2H3,(H,21,25). The van der Waals surface area contributed by atoms with Crippen molar-refractivity contribution in [3.05, 3.63) is 53.3 Å². The van der Waals surface area contributed by atoms with Crippen LogP contribution in [0.3, 0.4) is 0 Å². The van der Waals surface area contributed by atoms with Gasteiger partial charge in [0.2, 0.25) is 0 Å². The second-order valence-electron chi connectivity index (χ2n) is 6.39. The quantitative estimate of drug-likeness (QED) is 0.829. The molecule has 1 aliphatic rings. The lowest BCUT2D eigenvalue weighted by molar-refractivity contribution is 0.0958. The molecule has 1 fully saturated rings. The molecule has 1 amide bonds. The van der Waals surface area contributed by atoms with E-state index in [1.54, 1.807) is 13.1 Å². The first-order valence-electron chi connectivity index (χ1n) is 8.58. The molecule has 6 nitrogen and oxygen atoms in total. The van der Waals surface area contributed by atoms with E-state index in [4.69, 9.17) is 5.73 Å². The van der Waals surface area contributed by atoms with Crippen molar-refractivity contribution in [1.29, 1.82) is 0 Å². The minimum absolute atomic E-state index is 0.151. The average molecular weight is 339 g/mol. The third kappa shape index (κ3) is 4.09. The number of aryl methyl sites for hydroxylation is 1. The van der Waals surface area contributed by atoms with E-state index in [1.807, 2.05) is 31.2 Å². The van der Waals surface area contributed by atoms with Gasteiger partial charge in [-0.1, -0.05) is 12.1 Å². The molecule has 132 valence electrons. The first kappa shape index (κ1) is 17.2. The van der Waals surface area contributed by atoms with Crippen LogP contribution in [-0.4, -0.2) is 49.0 Å². The van der Waals surface area contributed by atoms with E-state index in [0.29, 0.717) is 5.69 Å². The molecule has 0 atom stereocenters. The number of piperazine rings is 1. The number of amides is 1. The summed E-state index contributed by atoms with van der Waals surface area (Å²) in [6, 6.07) is 11.9. The fourth-order valence-electron chi connectivity index (χ4n) is 3.24. The van der Waals surface area contributed by atoms with Crippen LogP contribution >= 0.6 is 0 Å². The maximum absolute atomic E-state index is 11.7. The number of pyridine rings is 1. The predicted octanol–water partition coefficient (Wildman–Crippen LogP) is 1.65. The third-order valence-corrected chi connectivity index (χ3v) is 4.59. The summed E-state index contributed by atoms with van der Waals surface area (Å²) in [6.45, 7) is 6.76. The van der Waals surface area contributed by atoms with Gasteiger partial charge < -0.3 is 16.0 Å². The zero-order valence-electron chi connectivity index (χ0n) is 14.8. The molecular weight excluding hydrogens is 314 g/mol. The topological polar surface area (TPSA) is 74.5 Å². The first-order chi connectivity index (χ1) is 12.1. The lowest BCUT2D eigenvalue weighted by atomic mass is 10.1. The number of nitrogens with one attached hydrogen (secondary N) is 1. The van der Waals surface area contributed by atoms with Crippen molar-refractivity contribution in [2.45, 2.75) is 13.5 Å². The molecule has 6 heteroatoms. The number of benzene rings is 1. The Bertz CT molecular complexity index is 753. The molecule has 3 N–H and O–H groups in total. The van der Waals surface area contributed by atoms with Crippen molar-refractivity contribution >= 4 is 17.3 Å². The van der Waals surface area contributed by atoms with Crippen LogP contribution in [0.4, 0.5) is 11.4 Å². The Morgan fingerprint density at radius 2 is 1.96 bits per heavy atom. The maximum Gasteiger partial charge on any atom is 0.269 e. The first-order valence-corrected chi connectivity index (χ1v) is 8.58. The van der Waals surface area contributed by atoms with Gasteiger partial charge in [-0.3, -0.25) is 9.69 Å². The Labute approximate surface area is 148 Å². The molecule has 25 heavy (non-hydrogen) atoms. The summed E-state index contributed by atoms with van der Waals surface area (Å²) < 4.78 is 0. The Morgan fingerprint density at radius 1 is 1.20 bits per heavy atom. The summed E-state index contributed by atoms with van der Waals surface area (Å²) in [7, 11) is 1.62. The minimum atomic E-state index is -0.151. The highest BCUT2D eigenvalue weighted by atomic mass is 16.1. The van der Waals surface area contributed by atoms with E-state index in [-0.39, 0.29) is 5.91 Å². The van der Waals surface area contributed by atoms with E-state index in [9.17, 15) is 4.79 Å². The number of hydrogen-bond acceptors (Lipinski definition) is 5. The third-order valence-electron chi connectivity index (χ3n) is 4.59. The lowest BCUT2D eigenvalue weighted by Gasteiger charge is -2.36. The van der Waals surface area contributed by atoms with E-state index in [0.717, 1.165) is 49.8 Å². The fraction of sp³-hybridized carbons (Fsp3) is 0.368. The number of anilines is 2. The van der Waals surface area contributed by atoms with Crippen LogP contribution < -0.4 is 16.0 Å². The van der Waals surface area contributed by atoms with Crippen LogP contribution in [0.15, 0.2) is 36.4 Å². The lowest BCUT2D eigenvalue weighted by Crippen LogP contribution is -2.46. The van der Waals surface area contributed by atoms with Gasteiger partial charge in [0.1, 0.15) is 5.69 Å². The number of carbonyl (C=O) groups is 1. The number of aromatic nitrogens is 1. The summed E-state index contributed by atoms with van der Waals surface area (Å²) in [5, 5.41) is 2.61. The number of nitrogens with two attached hydrogens (primary N) is 1. The predicted molar refractivity (Wildman–Crippen MR) is 101 cm³/mol. The second-order valence-corrected chi connectivity index (χ2v) is 6.39. The van der Waals surface area contributed by atoms with E-state index < -0.39 is 0 Å². The number of hydrogen-bond donors (Lipinski definition) is 2. The Morgan fingerprint density at radius 3 is 2.60 bits per heavy atom. The highest BCUT2D eigenvalue weighted by Gasteiger charge is 2.19. The molecule has 1 aliphatic heterocycles. The molecule has 0 bridgehead atoms. The summed E-state index contributed by atoms with van der Waals surface area (Å²) in [5.74, 6) is -0.151. The molecule has 0 radical (unpaired) electrons. The van der Waals surface area contributed by atoms with Crippen LogP contribution in [-0.2, 0) is 6.54 Å². The van der Waals surface area contributed by atoms with Gasteiger partial charge in [0.25, 0.3) is 5.91 Å². The van der Waals surface area contributed by atoms with Gasteiger partial charge in [0.05, 0.1) is 11.4 Å². The van der Waals surface area contributed by atoms with Crippen LogP contribution in [0.5, 0.6) is 0 Å². The molecule has 0 saturated carbocycles. The van der Waals surface area contributed by atoms with Crippen LogP contribution in [0.2, 0.25) is 0 Å². The zero-order valence-corrected chi connectivity index (χ0v) is 14.8. The highest BCUT2D eigenvalue weighted by Crippen LogP contribution is 2.21. The van der Waals surface area contributed by atoms with Crippen molar-refractivity contribution in [1.82, 2.24) is 15.2 Å². The van der Waals surface area contributed by atoms with E-state index in [1.165, 1.54) is 5.56 Å². The molecular formula is C19H25N5O. The zero-order chi connectivity index (χ0) is 17.8. The van der Waals surface area contributed by atoms with Gasteiger partial charge in [0.15, 0.2) is 0 Å². The molecule has 0 aliphatic carbocycles.